The van der Waals surface area contributed by atoms with Gasteiger partial charge in [-0.2, -0.15) is 0 Å². The van der Waals surface area contributed by atoms with E-state index in [9.17, 15) is 9.90 Å². The molecule has 3 aliphatic heterocycles. The van der Waals surface area contributed by atoms with E-state index in [1.807, 2.05) is 19.2 Å². The van der Waals surface area contributed by atoms with Crippen molar-refractivity contribution in [2.75, 3.05) is 7.05 Å². The highest BCUT2D eigenvalue weighted by molar-refractivity contribution is 5.86. The third-order valence-electron chi connectivity index (χ3n) is 28.9. The van der Waals surface area contributed by atoms with Crippen LogP contribution in [0.5, 0.6) is 0 Å². The van der Waals surface area contributed by atoms with Crippen molar-refractivity contribution in [1.82, 2.24) is 5.32 Å². The second kappa shape index (κ2) is 19.5. The number of benzene rings is 3. The first-order chi connectivity index (χ1) is 41.3. The number of nitrogens with one attached hydrogen (secondary N) is 1. The molecule has 12 aliphatic carbocycles. The van der Waals surface area contributed by atoms with Crippen LogP contribution in [0.4, 0.5) is 0 Å². The lowest BCUT2D eigenvalue weighted by molar-refractivity contribution is -0.375. The molecular formula is C76H89NO8. The summed E-state index contributed by atoms with van der Waals surface area (Å²) in [5, 5.41) is 60.8. The fraction of sp³-hybridized carbons (Fsp3) is 0.658. The quantitative estimate of drug-likeness (QED) is 0.0979. The topological polar surface area (TPSA) is 146 Å². The number of fused-ring (bicyclic) bond motifs is 11. The van der Waals surface area contributed by atoms with Crippen LogP contribution >= 0.6 is 0 Å². The Bertz CT molecular complexity index is 3390. The van der Waals surface area contributed by atoms with Gasteiger partial charge in [0.2, 0.25) is 0 Å². The van der Waals surface area contributed by atoms with E-state index in [4.69, 9.17) is 9.47 Å². The van der Waals surface area contributed by atoms with Gasteiger partial charge in [-0.25, -0.2) is 4.79 Å². The molecule has 0 amide bonds. The zero-order chi connectivity index (χ0) is 57.6. The summed E-state index contributed by atoms with van der Waals surface area (Å²) in [6.07, 6.45) is 18.3. The van der Waals surface area contributed by atoms with Gasteiger partial charge >= 0.3 is 5.97 Å². The maximum absolute atomic E-state index is 16.2. The number of carbonyl (C=O) groups excluding carboxylic acids is 2. The van der Waals surface area contributed by atoms with Gasteiger partial charge in [-0.15, -0.1) is 5.92 Å². The molecule has 0 unspecified atom stereocenters. The summed E-state index contributed by atoms with van der Waals surface area (Å²) in [7, 11) is 1.98. The highest BCUT2D eigenvalue weighted by Gasteiger charge is 2.87. The Hall–Kier alpha value is -4.58. The standard InChI is InChI=1S/C76H89NO8/c1-43-49-21-20-46(29-49)28-44-11-8-12-45(27-44)30-56-33-54-34-60-58-19-10-17-51-37-71-26-7-6-15-48-16-9-18-52(40-78)59(48)35-65(77-2)61-32-53(67(71)62-36-66(80)85-68(61)62)38-75(71,82)74(81)39-55-31-50(43)22-24-64-70(84-56)73(54,41-72(42-79,69(51)74)76(55,64)83)63(60)25-23-57(58)47-13-4-3-5-14-47/h3-5,8-9,11-14,16,18,27,36,42-43,46,49-51,53-58,60-61,63-65,67-70,77-78,81-83H,7,19-26,28-35,37-41H2,1-2H3/t43-,46+,49-,50+,51-,53+,54+,55-,56+,57-,58-,60+,61-,63-,64-,65+,67-,68+,69-,70-,71-,72+,73+,74+,75-,76+/m1/s1. The summed E-state index contributed by atoms with van der Waals surface area (Å²) in [5.41, 5.74) is -0.223. The molecule has 10 fully saturated rings. The van der Waals surface area contributed by atoms with Gasteiger partial charge in [0, 0.05) is 65.0 Å². The average Bonchev–Trinajstić information content (AvgIpc) is 1.63. The van der Waals surface area contributed by atoms with E-state index in [0.29, 0.717) is 87.4 Å². The van der Waals surface area contributed by atoms with E-state index in [1.54, 1.807) is 6.08 Å². The van der Waals surface area contributed by atoms with E-state index in [1.165, 1.54) is 42.2 Å². The number of carbonyl (C=O) groups is 2. The van der Waals surface area contributed by atoms with Crippen LogP contribution in [0.25, 0.3) is 0 Å². The number of ether oxygens (including phenoxy) is 2. The molecule has 26 atom stereocenters. The number of rotatable bonds is 4. The third-order valence-corrected chi connectivity index (χ3v) is 28.9. The van der Waals surface area contributed by atoms with E-state index in [2.05, 4.69) is 96.6 Å². The minimum atomic E-state index is -1.85. The van der Waals surface area contributed by atoms with Gasteiger partial charge in [0.25, 0.3) is 0 Å². The van der Waals surface area contributed by atoms with Gasteiger partial charge in [0.15, 0.2) is 0 Å². The normalized spacial score (nSPS) is 49.8. The van der Waals surface area contributed by atoms with Gasteiger partial charge in [0.1, 0.15) is 18.0 Å². The Morgan fingerprint density at radius 1 is 0.776 bits per heavy atom. The number of hydrogen-bond acceptors (Lipinski definition) is 9. The lowest BCUT2D eigenvalue weighted by Gasteiger charge is -2.76. The van der Waals surface area contributed by atoms with Crippen molar-refractivity contribution in [3.05, 3.63) is 118 Å². The molecule has 3 heterocycles. The van der Waals surface area contributed by atoms with Gasteiger partial charge < -0.3 is 40.0 Å². The molecule has 85 heavy (non-hydrogen) atoms. The SMILES string of the molecule is CN[C@H]1Cc2c(cccc2CO)C#CCC[C@]23C[C@H]4C#CC[C@H]5[C@@H]6C[C@@H]7C[C@@H]8Cc9cccc(c9)C[C@@H]9CC[C@H](C9)[C@@H](C)[C@H]9CC[C@@H]%10[C@@H](O8)[C@]7(C[C@]7(C=O)[C@@H]4[C@@](O)(C[C@@H](C9)[C@]%107O)[C@@]2(O)C[C@@H]2C[C@H]1[C@@H]1OC(=O)C=C1[C@@H]23)[C@@H]6CC[C@@H]5c1ccccc1. The molecule has 15 aliphatic rings. The molecule has 18 rings (SSSR count). The second-order valence-electron chi connectivity index (χ2n) is 31.4. The summed E-state index contributed by atoms with van der Waals surface area (Å²) in [4.78, 5) is 30.3. The lowest BCUT2D eigenvalue weighted by Crippen LogP contribution is -2.84. The third kappa shape index (κ3) is 7.30. The highest BCUT2D eigenvalue weighted by Crippen LogP contribution is 2.83. The van der Waals surface area contributed by atoms with Crippen LogP contribution in [-0.2, 0) is 44.9 Å². The monoisotopic (exact) mass is 1140 g/mol. The lowest BCUT2D eigenvalue weighted by atomic mass is 9.31. The number of aldehydes is 1. The molecule has 0 radical (unpaired) electrons. The molecule has 3 aromatic rings. The molecule has 1 saturated heterocycles. The first-order valence-corrected chi connectivity index (χ1v) is 34.0. The summed E-state index contributed by atoms with van der Waals surface area (Å²) in [5.74, 6) is 15.3. The highest BCUT2D eigenvalue weighted by atomic mass is 16.5. The van der Waals surface area contributed by atoms with E-state index >= 15 is 20.1 Å². The predicted molar refractivity (Wildman–Crippen MR) is 323 cm³/mol. The Kier molecular flexibility index (Phi) is 12.5. The molecule has 9 saturated carbocycles. The first kappa shape index (κ1) is 54.6. The molecule has 3 aromatic carbocycles. The molecule has 9 heteroatoms. The number of esters is 1. The zero-order valence-electron chi connectivity index (χ0n) is 50.1. The van der Waals surface area contributed by atoms with Crippen LogP contribution < -0.4 is 5.32 Å². The summed E-state index contributed by atoms with van der Waals surface area (Å²) < 4.78 is 14.7. The van der Waals surface area contributed by atoms with Crippen LogP contribution in [0.3, 0.4) is 0 Å². The first-order valence-electron chi connectivity index (χ1n) is 34.0. The number of likely N-dealkylation sites (N-methyl/N-ethyl adjacent to an activating group) is 1. The maximum atomic E-state index is 16.2. The van der Waals surface area contributed by atoms with Crippen molar-refractivity contribution in [3.8, 4) is 23.7 Å². The van der Waals surface area contributed by atoms with Gasteiger partial charge in [-0.3, -0.25) is 0 Å². The van der Waals surface area contributed by atoms with Crippen LogP contribution in [0.2, 0.25) is 0 Å². The van der Waals surface area contributed by atoms with Crippen molar-refractivity contribution in [1.29, 1.82) is 0 Å². The largest absolute Gasteiger partial charge is 0.454 e. The van der Waals surface area contributed by atoms with Crippen molar-refractivity contribution in [2.24, 2.45) is 105 Å². The number of aliphatic hydroxyl groups is 4. The fourth-order valence-corrected chi connectivity index (χ4v) is 26.1. The van der Waals surface area contributed by atoms with E-state index < -0.39 is 56.9 Å². The van der Waals surface area contributed by atoms with Crippen molar-refractivity contribution < 1.29 is 39.5 Å². The summed E-state index contributed by atoms with van der Waals surface area (Å²) in [6, 6.07) is 26.5. The Morgan fingerprint density at radius 3 is 2.42 bits per heavy atom. The molecule has 2 spiro atoms. The van der Waals surface area contributed by atoms with Crippen LogP contribution in [0, 0.1) is 129 Å². The molecular weight excluding hydrogens is 1050 g/mol. The molecule has 17 bridgehead atoms. The Labute approximate surface area is 503 Å². The smallest absolute Gasteiger partial charge is 0.331 e. The summed E-state index contributed by atoms with van der Waals surface area (Å²) >= 11 is 0. The Morgan fingerprint density at radius 2 is 1.59 bits per heavy atom. The minimum absolute atomic E-state index is 0.0298. The van der Waals surface area contributed by atoms with Crippen LogP contribution in [0.15, 0.2) is 84.4 Å². The number of hydrogen-bond donors (Lipinski definition) is 5. The summed E-state index contributed by atoms with van der Waals surface area (Å²) in [6.45, 7) is 2.39. The van der Waals surface area contributed by atoms with E-state index in [-0.39, 0.29) is 84.6 Å². The van der Waals surface area contributed by atoms with Crippen LogP contribution in [-0.4, -0.2) is 80.9 Å². The molecule has 5 N–H and O–H groups in total. The van der Waals surface area contributed by atoms with Gasteiger partial charge in [0.05, 0.1) is 35.4 Å². The minimum Gasteiger partial charge on any atom is -0.454 e. The van der Waals surface area contributed by atoms with E-state index in [0.717, 1.165) is 73.6 Å². The van der Waals surface area contributed by atoms with Crippen molar-refractivity contribution >= 4 is 12.3 Å². The molecule has 9 nitrogen and oxygen atoms in total. The fourth-order valence-electron chi connectivity index (χ4n) is 26.1. The molecule has 0 aromatic heterocycles. The number of aliphatic hydroxyl groups excluding tert-OH is 1. The average molecular weight is 1140 g/mol. The van der Waals surface area contributed by atoms with Crippen LogP contribution in [0.1, 0.15) is 162 Å². The maximum Gasteiger partial charge on any atom is 0.331 e. The predicted octanol–water partition coefficient (Wildman–Crippen LogP) is 10.7. The zero-order valence-corrected chi connectivity index (χ0v) is 50.1. The van der Waals surface area contributed by atoms with Crippen molar-refractivity contribution in [2.45, 2.75) is 195 Å². The molecule has 446 valence electrons. The second-order valence-corrected chi connectivity index (χ2v) is 31.4. The Balaban J connectivity index is 0.901. The van der Waals surface area contributed by atoms with Gasteiger partial charge in [-0.1, -0.05) is 91.4 Å². The van der Waals surface area contributed by atoms with Gasteiger partial charge in [-0.05, 0) is 240 Å². The van der Waals surface area contributed by atoms with Crippen molar-refractivity contribution in [3.63, 3.8) is 0 Å².